The van der Waals surface area contributed by atoms with Crippen molar-refractivity contribution in [2.75, 3.05) is 13.1 Å². The molecule has 104 valence electrons. The molecule has 19 heavy (non-hydrogen) atoms. The standard InChI is InChI=1S/C14H18ClFN2O/c1-14(2)8-17-6-5-12(14)18-13(19)10-7-9(15)3-4-11(10)16/h3-4,7,12,17H,5-6,8H2,1-2H3,(H,18,19). The highest BCUT2D eigenvalue weighted by Gasteiger charge is 2.33. The van der Waals surface area contributed by atoms with Crippen LogP contribution in [-0.4, -0.2) is 25.0 Å². The number of benzene rings is 1. The van der Waals surface area contributed by atoms with E-state index in [0.717, 1.165) is 19.5 Å². The number of rotatable bonds is 2. The minimum absolute atomic E-state index is 0.00170. The zero-order chi connectivity index (χ0) is 14.0. The first-order valence-corrected chi connectivity index (χ1v) is 6.74. The number of halogens is 2. The highest BCUT2D eigenvalue weighted by molar-refractivity contribution is 6.31. The third-order valence-corrected chi connectivity index (χ3v) is 3.85. The molecule has 0 spiro atoms. The quantitative estimate of drug-likeness (QED) is 0.876. The van der Waals surface area contributed by atoms with Crippen LogP contribution in [0.4, 0.5) is 4.39 Å². The Labute approximate surface area is 117 Å². The third-order valence-electron chi connectivity index (χ3n) is 3.61. The van der Waals surface area contributed by atoms with Gasteiger partial charge in [0, 0.05) is 17.6 Å². The molecule has 1 aliphatic heterocycles. The van der Waals surface area contributed by atoms with Crippen molar-refractivity contribution in [3.63, 3.8) is 0 Å². The molecule has 1 saturated heterocycles. The molecule has 1 aromatic rings. The van der Waals surface area contributed by atoms with Crippen LogP contribution < -0.4 is 10.6 Å². The molecule has 5 heteroatoms. The van der Waals surface area contributed by atoms with E-state index in [-0.39, 0.29) is 17.0 Å². The molecule has 1 aromatic carbocycles. The van der Waals surface area contributed by atoms with Crippen LogP contribution in [0.1, 0.15) is 30.6 Å². The summed E-state index contributed by atoms with van der Waals surface area (Å²) in [6.07, 6.45) is 0.834. The minimum atomic E-state index is -0.548. The summed E-state index contributed by atoms with van der Waals surface area (Å²) in [5.41, 5.74) is -0.0509. The molecule has 2 rings (SSSR count). The van der Waals surface area contributed by atoms with Gasteiger partial charge in [0.1, 0.15) is 5.82 Å². The first kappa shape index (κ1) is 14.3. The fourth-order valence-corrected chi connectivity index (χ4v) is 2.52. The third kappa shape index (κ3) is 3.25. The summed E-state index contributed by atoms with van der Waals surface area (Å²) in [5, 5.41) is 6.57. The van der Waals surface area contributed by atoms with Gasteiger partial charge < -0.3 is 10.6 Å². The number of amides is 1. The van der Waals surface area contributed by atoms with Crippen LogP contribution in [0.2, 0.25) is 5.02 Å². The van der Waals surface area contributed by atoms with Gasteiger partial charge in [0.15, 0.2) is 0 Å². The van der Waals surface area contributed by atoms with Crippen LogP contribution in [-0.2, 0) is 0 Å². The predicted octanol–water partition coefficient (Wildman–Crippen LogP) is 2.60. The van der Waals surface area contributed by atoms with Crippen LogP contribution >= 0.6 is 11.6 Å². The maximum Gasteiger partial charge on any atom is 0.254 e. The Hall–Kier alpha value is -1.13. The lowest BCUT2D eigenvalue weighted by molar-refractivity contribution is 0.0864. The van der Waals surface area contributed by atoms with Gasteiger partial charge in [-0.25, -0.2) is 4.39 Å². The molecule has 0 saturated carbocycles. The molecule has 1 heterocycles. The summed E-state index contributed by atoms with van der Waals surface area (Å²) in [5.74, 6) is -0.950. The van der Waals surface area contributed by atoms with Crippen molar-refractivity contribution in [1.82, 2.24) is 10.6 Å². The molecule has 1 amide bonds. The molecular weight excluding hydrogens is 267 g/mol. The van der Waals surface area contributed by atoms with Gasteiger partial charge in [-0.3, -0.25) is 4.79 Å². The van der Waals surface area contributed by atoms with Crippen molar-refractivity contribution in [1.29, 1.82) is 0 Å². The summed E-state index contributed by atoms with van der Waals surface area (Å²) in [7, 11) is 0. The second kappa shape index (κ2) is 5.47. The Morgan fingerprint density at radius 1 is 1.53 bits per heavy atom. The van der Waals surface area contributed by atoms with Gasteiger partial charge in [-0.15, -0.1) is 0 Å². The molecule has 1 unspecified atom stereocenters. The Kier molecular flexibility index (Phi) is 4.11. The summed E-state index contributed by atoms with van der Waals surface area (Å²) in [6, 6.07) is 4.03. The van der Waals surface area contributed by atoms with Crippen LogP contribution in [0.5, 0.6) is 0 Å². The second-order valence-corrected chi connectivity index (χ2v) is 6.04. The zero-order valence-electron chi connectivity index (χ0n) is 11.1. The number of hydrogen-bond acceptors (Lipinski definition) is 2. The molecule has 0 aliphatic carbocycles. The molecule has 3 nitrogen and oxygen atoms in total. The maximum atomic E-state index is 13.6. The Morgan fingerprint density at radius 3 is 2.95 bits per heavy atom. The van der Waals surface area contributed by atoms with Crippen molar-refractivity contribution in [2.45, 2.75) is 26.3 Å². The fourth-order valence-electron chi connectivity index (χ4n) is 2.35. The van der Waals surface area contributed by atoms with E-state index in [9.17, 15) is 9.18 Å². The molecule has 0 radical (unpaired) electrons. The summed E-state index contributed by atoms with van der Waals surface area (Å²) < 4.78 is 13.6. The van der Waals surface area contributed by atoms with Crippen molar-refractivity contribution in [2.24, 2.45) is 5.41 Å². The van der Waals surface area contributed by atoms with Gasteiger partial charge in [-0.2, -0.15) is 0 Å². The van der Waals surface area contributed by atoms with E-state index in [1.54, 1.807) is 0 Å². The zero-order valence-corrected chi connectivity index (χ0v) is 11.9. The van der Waals surface area contributed by atoms with E-state index in [1.807, 2.05) is 0 Å². The molecule has 2 N–H and O–H groups in total. The van der Waals surface area contributed by atoms with E-state index < -0.39 is 11.7 Å². The van der Waals surface area contributed by atoms with Crippen LogP contribution in [0.3, 0.4) is 0 Å². The predicted molar refractivity (Wildman–Crippen MR) is 73.9 cm³/mol. The molecule has 1 aliphatic rings. The Balaban J connectivity index is 2.14. The largest absolute Gasteiger partial charge is 0.349 e. The molecule has 0 aromatic heterocycles. The number of nitrogens with one attached hydrogen (secondary N) is 2. The smallest absolute Gasteiger partial charge is 0.254 e. The first-order valence-electron chi connectivity index (χ1n) is 6.37. The highest BCUT2D eigenvalue weighted by atomic mass is 35.5. The monoisotopic (exact) mass is 284 g/mol. The molecule has 0 bridgehead atoms. The van der Waals surface area contributed by atoms with Crippen molar-refractivity contribution < 1.29 is 9.18 Å². The number of piperidine rings is 1. The van der Waals surface area contributed by atoms with Crippen molar-refractivity contribution >= 4 is 17.5 Å². The van der Waals surface area contributed by atoms with E-state index in [0.29, 0.717) is 5.02 Å². The average Bonchev–Trinajstić information content (AvgIpc) is 2.34. The molecular formula is C14H18ClFN2O. The number of carbonyl (C=O) groups is 1. The van der Waals surface area contributed by atoms with Crippen LogP contribution in [0.25, 0.3) is 0 Å². The van der Waals surface area contributed by atoms with Gasteiger partial charge in [0.25, 0.3) is 5.91 Å². The van der Waals surface area contributed by atoms with Gasteiger partial charge in [0.05, 0.1) is 5.56 Å². The second-order valence-electron chi connectivity index (χ2n) is 5.60. The van der Waals surface area contributed by atoms with E-state index in [2.05, 4.69) is 24.5 Å². The van der Waals surface area contributed by atoms with Crippen molar-refractivity contribution in [3.8, 4) is 0 Å². The first-order chi connectivity index (χ1) is 8.90. The molecule has 1 fully saturated rings. The summed E-state index contributed by atoms with van der Waals surface area (Å²) in [4.78, 5) is 12.1. The minimum Gasteiger partial charge on any atom is -0.349 e. The maximum absolute atomic E-state index is 13.6. The van der Waals surface area contributed by atoms with Gasteiger partial charge in [0.2, 0.25) is 0 Å². The van der Waals surface area contributed by atoms with E-state index in [4.69, 9.17) is 11.6 Å². The summed E-state index contributed by atoms with van der Waals surface area (Å²) in [6.45, 7) is 5.85. The Morgan fingerprint density at radius 2 is 2.26 bits per heavy atom. The number of carbonyl (C=O) groups excluding carboxylic acids is 1. The summed E-state index contributed by atoms with van der Waals surface area (Å²) >= 11 is 5.80. The van der Waals surface area contributed by atoms with Gasteiger partial charge in [-0.05, 0) is 36.6 Å². The lowest BCUT2D eigenvalue weighted by Gasteiger charge is -2.39. The van der Waals surface area contributed by atoms with E-state index >= 15 is 0 Å². The molecule has 1 atom stereocenters. The van der Waals surface area contributed by atoms with Crippen LogP contribution in [0.15, 0.2) is 18.2 Å². The lowest BCUT2D eigenvalue weighted by atomic mass is 9.80. The van der Waals surface area contributed by atoms with E-state index in [1.165, 1.54) is 18.2 Å². The normalized spacial score (nSPS) is 22.0. The fraction of sp³-hybridized carbons (Fsp3) is 0.500. The van der Waals surface area contributed by atoms with Gasteiger partial charge in [-0.1, -0.05) is 25.4 Å². The topological polar surface area (TPSA) is 41.1 Å². The highest BCUT2D eigenvalue weighted by Crippen LogP contribution is 2.25. The Bertz CT molecular complexity index is 490. The number of hydrogen-bond donors (Lipinski definition) is 2. The van der Waals surface area contributed by atoms with Crippen molar-refractivity contribution in [3.05, 3.63) is 34.6 Å². The van der Waals surface area contributed by atoms with Gasteiger partial charge >= 0.3 is 0 Å². The SMILES string of the molecule is CC1(C)CNCCC1NC(=O)c1cc(Cl)ccc1F. The lowest BCUT2D eigenvalue weighted by Crippen LogP contribution is -2.54. The average molecular weight is 285 g/mol. The van der Waals surface area contributed by atoms with Crippen LogP contribution in [0, 0.1) is 11.2 Å².